The maximum atomic E-state index is 8.81. The average molecular weight is 170 g/mol. The van der Waals surface area contributed by atoms with Gasteiger partial charge in [0, 0.05) is 11.5 Å². The zero-order valence-corrected chi connectivity index (χ0v) is 7.82. The van der Waals surface area contributed by atoms with Crippen LogP contribution in [0.2, 0.25) is 0 Å². The van der Waals surface area contributed by atoms with Gasteiger partial charge in [0.05, 0.1) is 0 Å². The highest BCUT2D eigenvalue weighted by Gasteiger charge is 2.02. The lowest BCUT2D eigenvalue weighted by molar-refractivity contribution is 0.237. The molecule has 0 bridgehead atoms. The molecule has 0 aromatic carbocycles. The third-order valence-electron chi connectivity index (χ3n) is 1.65. The predicted molar refractivity (Wildman–Crippen MR) is 49.0 cm³/mol. The number of hydrogen-bond acceptors (Lipinski definition) is 2. The Morgan fingerprint density at radius 3 is 2.82 bits per heavy atom. The van der Waals surface area contributed by atoms with Crippen molar-refractivity contribution in [1.29, 1.82) is 0 Å². The van der Waals surface area contributed by atoms with E-state index in [-0.39, 0.29) is 6.61 Å². The SMILES string of the molecule is Cc1csc(CC(C)CO)c1. The molecule has 11 heavy (non-hydrogen) atoms. The van der Waals surface area contributed by atoms with Crippen LogP contribution in [0.3, 0.4) is 0 Å². The molecule has 0 aliphatic rings. The van der Waals surface area contributed by atoms with Crippen molar-refractivity contribution < 1.29 is 5.11 Å². The van der Waals surface area contributed by atoms with E-state index in [0.717, 1.165) is 6.42 Å². The first-order chi connectivity index (χ1) is 5.22. The van der Waals surface area contributed by atoms with Gasteiger partial charge in [0.25, 0.3) is 0 Å². The Balaban J connectivity index is 2.50. The van der Waals surface area contributed by atoms with Gasteiger partial charge in [0.2, 0.25) is 0 Å². The molecule has 1 nitrogen and oxygen atoms in total. The van der Waals surface area contributed by atoms with Crippen LogP contribution in [0.15, 0.2) is 11.4 Å². The number of aliphatic hydroxyl groups excluding tert-OH is 1. The largest absolute Gasteiger partial charge is 0.396 e. The molecule has 2 heteroatoms. The van der Waals surface area contributed by atoms with Gasteiger partial charge in [-0.05, 0) is 36.3 Å². The molecule has 0 radical (unpaired) electrons. The first kappa shape index (κ1) is 8.75. The summed E-state index contributed by atoms with van der Waals surface area (Å²) < 4.78 is 0. The maximum Gasteiger partial charge on any atom is 0.0460 e. The van der Waals surface area contributed by atoms with E-state index in [4.69, 9.17) is 5.11 Å². The first-order valence-corrected chi connectivity index (χ1v) is 4.75. The smallest absolute Gasteiger partial charge is 0.0460 e. The fourth-order valence-corrected chi connectivity index (χ4v) is 2.05. The van der Waals surface area contributed by atoms with Gasteiger partial charge in [0.1, 0.15) is 0 Å². The minimum absolute atomic E-state index is 0.289. The summed E-state index contributed by atoms with van der Waals surface area (Å²) in [6.07, 6.45) is 1.01. The van der Waals surface area contributed by atoms with Gasteiger partial charge in [0.15, 0.2) is 0 Å². The summed E-state index contributed by atoms with van der Waals surface area (Å²) >= 11 is 1.78. The Hall–Kier alpha value is -0.340. The van der Waals surface area contributed by atoms with Gasteiger partial charge in [-0.2, -0.15) is 0 Å². The summed E-state index contributed by atoms with van der Waals surface area (Å²) in [4.78, 5) is 1.38. The topological polar surface area (TPSA) is 20.2 Å². The predicted octanol–water partition coefficient (Wildman–Crippen LogP) is 2.23. The van der Waals surface area contributed by atoms with Gasteiger partial charge in [-0.1, -0.05) is 6.92 Å². The molecule has 0 aliphatic carbocycles. The van der Waals surface area contributed by atoms with Crippen molar-refractivity contribution in [3.63, 3.8) is 0 Å². The van der Waals surface area contributed by atoms with Gasteiger partial charge < -0.3 is 5.11 Å². The summed E-state index contributed by atoms with van der Waals surface area (Å²) in [5, 5.41) is 11.0. The Bertz CT molecular complexity index is 217. The van der Waals surface area contributed by atoms with Gasteiger partial charge >= 0.3 is 0 Å². The Kier molecular flexibility index (Phi) is 3.09. The molecule has 0 aliphatic heterocycles. The van der Waals surface area contributed by atoms with Gasteiger partial charge in [-0.3, -0.25) is 0 Å². The summed E-state index contributed by atoms with van der Waals surface area (Å²) in [7, 11) is 0. The first-order valence-electron chi connectivity index (χ1n) is 3.87. The highest BCUT2D eigenvalue weighted by atomic mass is 32.1. The fraction of sp³-hybridized carbons (Fsp3) is 0.556. The van der Waals surface area contributed by atoms with Crippen molar-refractivity contribution in [2.75, 3.05) is 6.61 Å². The van der Waals surface area contributed by atoms with Crippen LogP contribution in [-0.2, 0) is 6.42 Å². The second-order valence-electron chi connectivity index (χ2n) is 3.08. The number of aryl methyl sites for hydroxylation is 1. The van der Waals surface area contributed by atoms with Gasteiger partial charge in [-0.25, -0.2) is 0 Å². The highest BCUT2D eigenvalue weighted by molar-refractivity contribution is 7.10. The lowest BCUT2D eigenvalue weighted by atomic mass is 10.1. The van der Waals surface area contributed by atoms with E-state index in [1.807, 2.05) is 0 Å². The quantitative estimate of drug-likeness (QED) is 0.737. The third-order valence-corrected chi connectivity index (χ3v) is 2.72. The second-order valence-corrected chi connectivity index (χ2v) is 4.08. The summed E-state index contributed by atoms with van der Waals surface area (Å²) in [6.45, 7) is 4.45. The molecule has 62 valence electrons. The van der Waals surface area contributed by atoms with Crippen LogP contribution in [0, 0.1) is 12.8 Å². The van der Waals surface area contributed by atoms with Crippen molar-refractivity contribution in [2.45, 2.75) is 20.3 Å². The van der Waals surface area contributed by atoms with E-state index in [1.165, 1.54) is 10.4 Å². The summed E-state index contributed by atoms with van der Waals surface area (Å²) in [5.41, 5.74) is 1.33. The van der Waals surface area contributed by atoms with Crippen LogP contribution in [0.4, 0.5) is 0 Å². The van der Waals surface area contributed by atoms with Crippen LogP contribution in [0.1, 0.15) is 17.4 Å². The van der Waals surface area contributed by atoms with Crippen molar-refractivity contribution >= 4 is 11.3 Å². The minimum Gasteiger partial charge on any atom is -0.396 e. The number of aliphatic hydroxyl groups is 1. The lowest BCUT2D eigenvalue weighted by Crippen LogP contribution is -2.02. The van der Waals surface area contributed by atoms with Crippen LogP contribution < -0.4 is 0 Å². The molecule has 0 saturated heterocycles. The second kappa shape index (κ2) is 3.88. The number of rotatable bonds is 3. The fourth-order valence-electron chi connectivity index (χ4n) is 1.01. The molecule has 1 rings (SSSR count). The molecule has 1 unspecified atom stereocenters. The van der Waals surface area contributed by atoms with Crippen LogP contribution >= 0.6 is 11.3 Å². The zero-order valence-electron chi connectivity index (χ0n) is 7.00. The van der Waals surface area contributed by atoms with E-state index >= 15 is 0 Å². The van der Waals surface area contributed by atoms with Crippen molar-refractivity contribution in [3.05, 3.63) is 21.9 Å². The zero-order chi connectivity index (χ0) is 8.27. The molecule has 1 heterocycles. The number of thiophene rings is 1. The molecular formula is C9H14OS. The average Bonchev–Trinajstić information content (AvgIpc) is 2.35. The lowest BCUT2D eigenvalue weighted by Gasteiger charge is -2.03. The molecular weight excluding hydrogens is 156 g/mol. The monoisotopic (exact) mass is 170 g/mol. The van der Waals surface area contributed by atoms with Crippen molar-refractivity contribution in [3.8, 4) is 0 Å². The Morgan fingerprint density at radius 1 is 1.64 bits per heavy atom. The third kappa shape index (κ3) is 2.64. The summed E-state index contributed by atoms with van der Waals surface area (Å²) in [6, 6.07) is 2.19. The molecule has 0 spiro atoms. The molecule has 0 fully saturated rings. The minimum atomic E-state index is 0.289. The molecule has 0 saturated carbocycles. The van der Waals surface area contributed by atoms with Crippen LogP contribution in [-0.4, -0.2) is 11.7 Å². The standard InChI is InChI=1S/C9H14OS/c1-7(5-10)3-9-4-8(2)6-11-9/h4,6-7,10H,3,5H2,1-2H3. The van der Waals surface area contributed by atoms with E-state index in [2.05, 4.69) is 25.3 Å². The van der Waals surface area contributed by atoms with E-state index in [1.54, 1.807) is 11.3 Å². The van der Waals surface area contributed by atoms with Gasteiger partial charge in [-0.15, -0.1) is 11.3 Å². The molecule has 1 aromatic heterocycles. The van der Waals surface area contributed by atoms with E-state index in [9.17, 15) is 0 Å². The Morgan fingerprint density at radius 2 is 2.36 bits per heavy atom. The molecule has 0 amide bonds. The highest BCUT2D eigenvalue weighted by Crippen LogP contribution is 2.17. The normalized spacial score (nSPS) is 13.4. The van der Waals surface area contributed by atoms with E-state index < -0.39 is 0 Å². The van der Waals surface area contributed by atoms with Crippen molar-refractivity contribution in [1.82, 2.24) is 0 Å². The number of hydrogen-bond donors (Lipinski definition) is 1. The maximum absolute atomic E-state index is 8.81. The molecule has 1 N–H and O–H groups in total. The van der Waals surface area contributed by atoms with Crippen LogP contribution in [0.25, 0.3) is 0 Å². The summed E-state index contributed by atoms with van der Waals surface area (Å²) in [5.74, 6) is 0.396. The molecule has 1 atom stereocenters. The van der Waals surface area contributed by atoms with Crippen LogP contribution in [0.5, 0.6) is 0 Å². The Labute approximate surface area is 71.7 Å². The van der Waals surface area contributed by atoms with E-state index in [0.29, 0.717) is 5.92 Å². The molecule has 1 aromatic rings. The van der Waals surface area contributed by atoms with Crippen molar-refractivity contribution in [2.24, 2.45) is 5.92 Å².